The molecule has 0 saturated carbocycles. The van der Waals surface area contributed by atoms with Crippen molar-refractivity contribution >= 4 is 12.2 Å². The van der Waals surface area contributed by atoms with Crippen LogP contribution in [0.1, 0.15) is 26.4 Å². The Hall–Kier alpha value is -2.97. The SMILES string of the molecule is O=Cc1c(O)cccc1OCC1COCCN1C(=O)c1cccnc1CCO. The lowest BCUT2D eigenvalue weighted by molar-refractivity contribution is -0.0152. The summed E-state index contributed by atoms with van der Waals surface area (Å²) in [5.74, 6) is -0.125. The van der Waals surface area contributed by atoms with Crippen LogP contribution in [0.25, 0.3) is 0 Å². The third kappa shape index (κ3) is 4.29. The molecule has 8 heteroatoms. The second kappa shape index (κ2) is 9.29. The molecule has 2 N–H and O–H groups in total. The zero-order valence-corrected chi connectivity index (χ0v) is 15.3. The van der Waals surface area contributed by atoms with Gasteiger partial charge >= 0.3 is 0 Å². The number of carbonyl (C=O) groups excluding carboxylic acids is 2. The molecular formula is C20H22N2O6. The number of benzene rings is 1. The molecule has 1 unspecified atom stereocenters. The van der Waals surface area contributed by atoms with E-state index in [4.69, 9.17) is 9.47 Å². The number of aliphatic hydroxyl groups excluding tert-OH is 1. The molecule has 1 fully saturated rings. The molecule has 2 heterocycles. The van der Waals surface area contributed by atoms with E-state index in [-0.39, 0.29) is 48.8 Å². The largest absolute Gasteiger partial charge is 0.507 e. The first-order valence-electron chi connectivity index (χ1n) is 8.99. The fourth-order valence-electron chi connectivity index (χ4n) is 3.12. The molecule has 148 valence electrons. The first-order valence-corrected chi connectivity index (χ1v) is 8.99. The van der Waals surface area contributed by atoms with Crippen LogP contribution >= 0.6 is 0 Å². The lowest BCUT2D eigenvalue weighted by atomic mass is 10.1. The third-order valence-corrected chi connectivity index (χ3v) is 4.55. The van der Waals surface area contributed by atoms with Crippen LogP contribution in [0.5, 0.6) is 11.5 Å². The molecule has 0 bridgehead atoms. The van der Waals surface area contributed by atoms with Crippen molar-refractivity contribution in [3.8, 4) is 11.5 Å². The van der Waals surface area contributed by atoms with Crippen molar-refractivity contribution in [1.29, 1.82) is 0 Å². The van der Waals surface area contributed by atoms with E-state index in [9.17, 15) is 19.8 Å². The second-order valence-electron chi connectivity index (χ2n) is 6.32. The van der Waals surface area contributed by atoms with Crippen LogP contribution in [-0.2, 0) is 11.2 Å². The minimum atomic E-state index is -0.370. The van der Waals surface area contributed by atoms with Gasteiger partial charge in [-0.25, -0.2) is 0 Å². The fourth-order valence-corrected chi connectivity index (χ4v) is 3.12. The Morgan fingerprint density at radius 3 is 3.00 bits per heavy atom. The number of ether oxygens (including phenoxy) is 2. The molecule has 1 aromatic carbocycles. The lowest BCUT2D eigenvalue weighted by Crippen LogP contribution is -2.51. The number of phenols is 1. The predicted octanol–water partition coefficient (Wildman–Crippen LogP) is 1.05. The maximum Gasteiger partial charge on any atom is 0.256 e. The molecule has 1 aliphatic rings. The van der Waals surface area contributed by atoms with Gasteiger partial charge in [0.05, 0.1) is 36.1 Å². The minimum absolute atomic E-state index is 0.0644. The summed E-state index contributed by atoms with van der Waals surface area (Å²) in [6, 6.07) is 7.57. The number of morpholine rings is 1. The monoisotopic (exact) mass is 386 g/mol. The van der Waals surface area contributed by atoms with Crippen molar-refractivity contribution in [2.24, 2.45) is 0 Å². The van der Waals surface area contributed by atoms with Gasteiger partial charge in [-0.05, 0) is 24.3 Å². The highest BCUT2D eigenvalue weighted by atomic mass is 16.5. The lowest BCUT2D eigenvalue weighted by Gasteiger charge is -2.35. The molecule has 1 aromatic heterocycles. The molecule has 28 heavy (non-hydrogen) atoms. The Labute approximate surface area is 162 Å². The van der Waals surface area contributed by atoms with Crippen LogP contribution < -0.4 is 4.74 Å². The van der Waals surface area contributed by atoms with Gasteiger partial charge in [0, 0.05) is 25.8 Å². The van der Waals surface area contributed by atoms with Gasteiger partial charge < -0.3 is 24.6 Å². The average molecular weight is 386 g/mol. The van der Waals surface area contributed by atoms with E-state index < -0.39 is 0 Å². The molecule has 1 saturated heterocycles. The van der Waals surface area contributed by atoms with Gasteiger partial charge in [-0.15, -0.1) is 0 Å². The molecule has 1 amide bonds. The maximum atomic E-state index is 13.1. The summed E-state index contributed by atoms with van der Waals surface area (Å²) in [5.41, 5.74) is 1.04. The second-order valence-corrected chi connectivity index (χ2v) is 6.32. The standard InChI is InChI=1S/C20H22N2O6/c23-9-6-17-15(3-2-7-21-17)20(26)22-8-10-27-12-14(22)13-28-19-5-1-4-18(25)16(19)11-24/h1-5,7,11,14,23,25H,6,8-10,12-13H2. The number of aromatic nitrogens is 1. The molecule has 0 spiro atoms. The summed E-state index contributed by atoms with van der Waals surface area (Å²) in [7, 11) is 0. The van der Waals surface area contributed by atoms with Gasteiger partial charge in [0.2, 0.25) is 0 Å². The summed E-state index contributed by atoms with van der Waals surface area (Å²) in [4.78, 5) is 30.1. The van der Waals surface area contributed by atoms with Crippen LogP contribution in [0.2, 0.25) is 0 Å². The predicted molar refractivity (Wildman–Crippen MR) is 99.7 cm³/mol. The number of pyridine rings is 1. The van der Waals surface area contributed by atoms with Gasteiger partial charge in [0.1, 0.15) is 18.1 Å². The summed E-state index contributed by atoms with van der Waals surface area (Å²) < 4.78 is 11.2. The number of hydrogen-bond donors (Lipinski definition) is 2. The van der Waals surface area contributed by atoms with Crippen molar-refractivity contribution < 1.29 is 29.3 Å². The number of rotatable bonds is 7. The van der Waals surface area contributed by atoms with Crippen LogP contribution in [0.4, 0.5) is 0 Å². The van der Waals surface area contributed by atoms with Gasteiger partial charge in [-0.2, -0.15) is 0 Å². The van der Waals surface area contributed by atoms with Crippen molar-refractivity contribution in [3.63, 3.8) is 0 Å². The zero-order chi connectivity index (χ0) is 19.9. The number of nitrogens with zero attached hydrogens (tertiary/aromatic N) is 2. The van der Waals surface area contributed by atoms with E-state index >= 15 is 0 Å². The number of phenolic OH excluding ortho intramolecular Hbond substituents is 1. The molecule has 8 nitrogen and oxygen atoms in total. The van der Waals surface area contributed by atoms with Gasteiger partial charge in [0.15, 0.2) is 6.29 Å². The van der Waals surface area contributed by atoms with Gasteiger partial charge in [0.25, 0.3) is 5.91 Å². The fraction of sp³-hybridized carbons (Fsp3) is 0.350. The minimum Gasteiger partial charge on any atom is -0.507 e. The normalized spacial score (nSPS) is 16.6. The maximum absolute atomic E-state index is 13.1. The Morgan fingerprint density at radius 1 is 1.36 bits per heavy atom. The Kier molecular flexibility index (Phi) is 6.57. The van der Waals surface area contributed by atoms with E-state index in [2.05, 4.69) is 4.98 Å². The highest BCUT2D eigenvalue weighted by Crippen LogP contribution is 2.26. The average Bonchev–Trinajstić information content (AvgIpc) is 2.72. The molecule has 3 rings (SSSR count). The number of hydrogen-bond acceptors (Lipinski definition) is 7. The van der Waals surface area contributed by atoms with Gasteiger partial charge in [-0.3, -0.25) is 14.6 Å². The van der Waals surface area contributed by atoms with E-state index in [1.807, 2.05) is 0 Å². The quantitative estimate of drug-likeness (QED) is 0.685. The summed E-state index contributed by atoms with van der Waals surface area (Å²) in [6.45, 7) is 1.09. The van der Waals surface area contributed by atoms with Crippen LogP contribution in [0, 0.1) is 0 Å². The molecular weight excluding hydrogens is 364 g/mol. The van der Waals surface area contributed by atoms with Crippen LogP contribution in [0.15, 0.2) is 36.5 Å². The molecule has 0 aliphatic carbocycles. The highest BCUT2D eigenvalue weighted by Gasteiger charge is 2.30. The number of carbonyl (C=O) groups is 2. The van der Waals surface area contributed by atoms with Crippen molar-refractivity contribution in [2.75, 3.05) is 33.0 Å². The smallest absolute Gasteiger partial charge is 0.256 e. The molecule has 0 radical (unpaired) electrons. The molecule has 2 aromatic rings. The Bertz CT molecular complexity index is 841. The summed E-state index contributed by atoms with van der Waals surface area (Å²) in [6.07, 6.45) is 2.41. The first kappa shape index (κ1) is 19.8. The van der Waals surface area contributed by atoms with Crippen LogP contribution in [0.3, 0.4) is 0 Å². The van der Waals surface area contributed by atoms with Gasteiger partial charge in [-0.1, -0.05) is 6.07 Å². The Morgan fingerprint density at radius 2 is 2.21 bits per heavy atom. The highest BCUT2D eigenvalue weighted by molar-refractivity contribution is 5.95. The number of amides is 1. The van der Waals surface area contributed by atoms with E-state index in [0.717, 1.165) is 0 Å². The van der Waals surface area contributed by atoms with Crippen molar-refractivity contribution in [3.05, 3.63) is 53.3 Å². The number of aldehydes is 1. The Balaban J connectivity index is 1.77. The summed E-state index contributed by atoms with van der Waals surface area (Å²) in [5, 5.41) is 19.0. The van der Waals surface area contributed by atoms with E-state index in [1.54, 1.807) is 35.4 Å². The number of aliphatic hydroxyl groups is 1. The first-order chi connectivity index (χ1) is 13.7. The van der Waals surface area contributed by atoms with Crippen LogP contribution in [-0.4, -0.2) is 71.3 Å². The zero-order valence-electron chi connectivity index (χ0n) is 15.3. The molecule has 1 atom stereocenters. The van der Waals surface area contributed by atoms with E-state index in [0.29, 0.717) is 37.1 Å². The molecule has 1 aliphatic heterocycles. The summed E-state index contributed by atoms with van der Waals surface area (Å²) >= 11 is 0. The van der Waals surface area contributed by atoms with Crippen molar-refractivity contribution in [1.82, 2.24) is 9.88 Å². The topological polar surface area (TPSA) is 109 Å². The van der Waals surface area contributed by atoms with Crippen molar-refractivity contribution in [2.45, 2.75) is 12.5 Å². The third-order valence-electron chi connectivity index (χ3n) is 4.55. The number of aromatic hydroxyl groups is 1. The van der Waals surface area contributed by atoms with E-state index in [1.165, 1.54) is 6.07 Å².